The monoisotopic (exact) mass is 498 g/mol. The molecule has 3 aromatic rings. The number of para-hydroxylation sites is 1. The number of carbonyl (C=O) groups is 2. The number of hydrogen-bond donors (Lipinski definition) is 1. The molecule has 0 aliphatic carbocycles. The zero-order valence-corrected chi connectivity index (χ0v) is 20.0. The molecule has 0 saturated heterocycles. The van der Waals surface area contributed by atoms with Crippen molar-refractivity contribution in [3.05, 3.63) is 94.5 Å². The van der Waals surface area contributed by atoms with Crippen LogP contribution in [0.25, 0.3) is 0 Å². The average Bonchev–Trinajstić information content (AvgIpc) is 3.29. The van der Waals surface area contributed by atoms with Gasteiger partial charge in [-0.1, -0.05) is 54.1 Å². The van der Waals surface area contributed by atoms with Gasteiger partial charge in [-0.25, -0.2) is 8.42 Å². The van der Waals surface area contributed by atoms with Crippen molar-refractivity contribution in [2.24, 2.45) is 0 Å². The molecule has 0 spiro atoms. The average molecular weight is 499 g/mol. The van der Waals surface area contributed by atoms with Crippen molar-refractivity contribution >= 4 is 39.2 Å². The molecule has 1 N–H and O–H groups in total. The van der Waals surface area contributed by atoms with Crippen LogP contribution in [0.5, 0.6) is 0 Å². The maximum atomic E-state index is 13.4. The van der Waals surface area contributed by atoms with Crippen LogP contribution < -0.4 is 9.62 Å². The fourth-order valence-corrected chi connectivity index (χ4v) is 5.79. The number of methoxy groups -OCH3 is 1. The summed E-state index contributed by atoms with van der Waals surface area (Å²) in [4.78, 5) is 25.1. The van der Waals surface area contributed by atoms with E-state index in [-0.39, 0.29) is 16.9 Å². The van der Waals surface area contributed by atoms with E-state index in [9.17, 15) is 18.0 Å². The van der Waals surface area contributed by atoms with Crippen molar-refractivity contribution in [2.45, 2.75) is 23.8 Å². The summed E-state index contributed by atoms with van der Waals surface area (Å²) in [6.07, 6.45) is 0.497. The Balaban J connectivity index is 1.61. The predicted octanol–water partition coefficient (Wildman–Crippen LogP) is 4.13. The van der Waals surface area contributed by atoms with E-state index >= 15 is 0 Å². The van der Waals surface area contributed by atoms with E-state index in [4.69, 9.17) is 16.3 Å². The van der Waals surface area contributed by atoms with Gasteiger partial charge in [-0.3, -0.25) is 13.9 Å². The number of amides is 1. The Morgan fingerprint density at radius 2 is 1.79 bits per heavy atom. The Bertz CT molecular complexity index is 1340. The fourth-order valence-electron chi connectivity index (χ4n) is 3.97. The molecule has 3 aromatic carbocycles. The predicted molar refractivity (Wildman–Crippen MR) is 129 cm³/mol. The minimum atomic E-state index is -3.86. The van der Waals surface area contributed by atoms with Crippen LogP contribution >= 0.6 is 11.6 Å². The lowest BCUT2D eigenvalue weighted by Gasteiger charge is -2.21. The Kier molecular flexibility index (Phi) is 6.90. The highest BCUT2D eigenvalue weighted by atomic mass is 35.5. The molecule has 176 valence electrons. The van der Waals surface area contributed by atoms with Crippen molar-refractivity contribution in [1.29, 1.82) is 0 Å². The first-order valence-corrected chi connectivity index (χ1v) is 12.5. The second-order valence-electron chi connectivity index (χ2n) is 7.81. The molecule has 0 bridgehead atoms. The lowest BCUT2D eigenvalue weighted by molar-refractivity contribution is -0.141. The number of benzene rings is 3. The van der Waals surface area contributed by atoms with Crippen molar-refractivity contribution in [3.8, 4) is 0 Å². The second kappa shape index (κ2) is 9.87. The molecule has 7 nitrogen and oxygen atoms in total. The van der Waals surface area contributed by atoms with E-state index in [1.54, 1.807) is 36.4 Å². The van der Waals surface area contributed by atoms with Gasteiger partial charge in [0.05, 0.1) is 30.2 Å². The van der Waals surface area contributed by atoms with Gasteiger partial charge in [-0.15, -0.1) is 0 Å². The number of carbonyl (C=O) groups excluding carboxylic acids is 2. The molecule has 0 aromatic heterocycles. The molecule has 0 radical (unpaired) electrons. The van der Waals surface area contributed by atoms with Crippen LogP contribution in [0, 0.1) is 0 Å². The number of nitrogens with zero attached hydrogens (tertiary/aromatic N) is 1. The summed E-state index contributed by atoms with van der Waals surface area (Å²) >= 11 is 6.29. The molecule has 0 fully saturated rings. The Labute approximate surface area is 203 Å². The number of hydrogen-bond acceptors (Lipinski definition) is 5. The summed E-state index contributed by atoms with van der Waals surface area (Å²) in [7, 11) is -2.60. The van der Waals surface area contributed by atoms with E-state index in [2.05, 4.69) is 5.32 Å². The van der Waals surface area contributed by atoms with Gasteiger partial charge in [-0.2, -0.15) is 0 Å². The Morgan fingerprint density at radius 3 is 2.56 bits per heavy atom. The van der Waals surface area contributed by atoms with Gasteiger partial charge in [0.2, 0.25) is 0 Å². The molecule has 1 amide bonds. The lowest BCUT2D eigenvalue weighted by atomic mass is 10.0. The third kappa shape index (κ3) is 4.78. The number of anilines is 1. The Hall–Kier alpha value is -3.36. The van der Waals surface area contributed by atoms with Gasteiger partial charge < -0.3 is 10.1 Å². The summed E-state index contributed by atoms with van der Waals surface area (Å²) in [6, 6.07) is 19.3. The standard InChI is InChI=1S/C25H23ClN2O5S/c1-33-24(29)16-22(20-10-3-4-11-21(20)26)27-25(30)18-8-6-9-19(15-18)34(31,32)28-14-13-17-7-2-5-12-23(17)28/h2-12,15,22H,13-14,16H2,1H3,(H,27,30). The molecular formula is C25H23ClN2O5S. The number of halogens is 1. The number of esters is 1. The van der Waals surface area contributed by atoms with Crippen LogP contribution in [0.15, 0.2) is 77.7 Å². The third-order valence-corrected chi connectivity index (χ3v) is 7.87. The van der Waals surface area contributed by atoms with Crippen LogP contribution in [0.1, 0.15) is 33.9 Å². The van der Waals surface area contributed by atoms with E-state index < -0.39 is 27.9 Å². The minimum Gasteiger partial charge on any atom is -0.469 e. The van der Waals surface area contributed by atoms with E-state index in [0.29, 0.717) is 29.2 Å². The van der Waals surface area contributed by atoms with Gasteiger partial charge in [0.1, 0.15) is 0 Å². The normalized spacial score (nSPS) is 13.8. The molecule has 0 saturated carbocycles. The molecule has 1 heterocycles. The summed E-state index contributed by atoms with van der Waals surface area (Å²) in [5, 5.41) is 3.18. The summed E-state index contributed by atoms with van der Waals surface area (Å²) in [5.74, 6) is -1.05. The molecule has 1 unspecified atom stereocenters. The number of rotatable bonds is 7. The first kappa shape index (κ1) is 23.8. The van der Waals surface area contributed by atoms with Crippen LogP contribution in [-0.2, 0) is 26.0 Å². The highest BCUT2D eigenvalue weighted by molar-refractivity contribution is 7.92. The van der Waals surface area contributed by atoms with Gasteiger partial charge in [-0.05, 0) is 47.9 Å². The van der Waals surface area contributed by atoms with E-state index in [1.807, 2.05) is 12.1 Å². The fraction of sp³-hybridized carbons (Fsp3) is 0.200. The number of fused-ring (bicyclic) bond motifs is 1. The first-order valence-electron chi connectivity index (χ1n) is 10.6. The van der Waals surface area contributed by atoms with Gasteiger partial charge in [0.25, 0.3) is 15.9 Å². The minimum absolute atomic E-state index is 0.0131. The molecule has 4 rings (SSSR count). The third-order valence-electron chi connectivity index (χ3n) is 5.71. The smallest absolute Gasteiger partial charge is 0.307 e. The summed E-state index contributed by atoms with van der Waals surface area (Å²) in [5.41, 5.74) is 2.32. The zero-order chi connectivity index (χ0) is 24.3. The molecule has 1 atom stereocenters. The zero-order valence-electron chi connectivity index (χ0n) is 18.4. The van der Waals surface area contributed by atoms with Gasteiger partial charge >= 0.3 is 5.97 Å². The van der Waals surface area contributed by atoms with Crippen LogP contribution in [0.4, 0.5) is 5.69 Å². The second-order valence-corrected chi connectivity index (χ2v) is 10.1. The quantitative estimate of drug-likeness (QED) is 0.494. The topological polar surface area (TPSA) is 92.8 Å². The molecule has 1 aliphatic rings. The summed E-state index contributed by atoms with van der Waals surface area (Å²) < 4.78 is 32.8. The van der Waals surface area contributed by atoms with Crippen molar-refractivity contribution in [3.63, 3.8) is 0 Å². The van der Waals surface area contributed by atoms with E-state index in [1.165, 1.54) is 35.7 Å². The molecule has 34 heavy (non-hydrogen) atoms. The van der Waals surface area contributed by atoms with Gasteiger partial charge in [0.15, 0.2) is 0 Å². The Morgan fingerprint density at radius 1 is 1.06 bits per heavy atom. The number of nitrogens with one attached hydrogen (secondary N) is 1. The van der Waals surface area contributed by atoms with Crippen molar-refractivity contribution in [1.82, 2.24) is 5.32 Å². The first-order chi connectivity index (χ1) is 16.3. The van der Waals surface area contributed by atoms with Crippen molar-refractivity contribution in [2.75, 3.05) is 18.0 Å². The number of sulfonamides is 1. The van der Waals surface area contributed by atoms with E-state index in [0.717, 1.165) is 5.56 Å². The SMILES string of the molecule is COC(=O)CC(NC(=O)c1cccc(S(=O)(=O)N2CCc3ccccc32)c1)c1ccccc1Cl. The maximum absolute atomic E-state index is 13.4. The number of ether oxygens (including phenoxy) is 1. The molecule has 9 heteroatoms. The molecule has 1 aliphatic heterocycles. The highest BCUT2D eigenvalue weighted by Gasteiger charge is 2.31. The lowest BCUT2D eigenvalue weighted by Crippen LogP contribution is -2.31. The van der Waals surface area contributed by atoms with Crippen LogP contribution in [0.2, 0.25) is 5.02 Å². The largest absolute Gasteiger partial charge is 0.469 e. The van der Waals surface area contributed by atoms with Crippen LogP contribution in [0.3, 0.4) is 0 Å². The molecular weight excluding hydrogens is 476 g/mol. The van der Waals surface area contributed by atoms with Gasteiger partial charge in [0, 0.05) is 17.1 Å². The summed E-state index contributed by atoms with van der Waals surface area (Å²) in [6.45, 7) is 0.339. The van der Waals surface area contributed by atoms with Crippen molar-refractivity contribution < 1.29 is 22.7 Å². The van der Waals surface area contributed by atoms with Crippen LogP contribution in [-0.4, -0.2) is 33.9 Å². The highest BCUT2D eigenvalue weighted by Crippen LogP contribution is 2.33. The maximum Gasteiger partial charge on any atom is 0.307 e.